The predicted octanol–water partition coefficient (Wildman–Crippen LogP) is 5.85. The number of aromatic nitrogens is 2. The van der Waals surface area contributed by atoms with Gasteiger partial charge in [0.05, 0.1) is 5.39 Å². The van der Waals surface area contributed by atoms with Crippen LogP contribution in [0.3, 0.4) is 0 Å². The van der Waals surface area contributed by atoms with Crippen LogP contribution in [-0.4, -0.2) is 15.3 Å². The van der Waals surface area contributed by atoms with E-state index in [0.717, 1.165) is 16.9 Å². The van der Waals surface area contributed by atoms with Gasteiger partial charge in [-0.15, -0.1) is 0 Å². The Kier molecular flexibility index (Phi) is 6.64. The van der Waals surface area contributed by atoms with E-state index in [1.54, 1.807) is 31.2 Å². The molecule has 0 spiro atoms. The second-order valence-corrected chi connectivity index (χ2v) is 7.86. The van der Waals surface area contributed by atoms with Gasteiger partial charge in [0.2, 0.25) is 0 Å². The summed E-state index contributed by atoms with van der Waals surface area (Å²) in [5.74, 6) is 0.610. The number of carbonyl (C=O) groups excluding carboxylic acids is 1. The maximum absolute atomic E-state index is 13.0. The molecule has 5 heteroatoms. The van der Waals surface area contributed by atoms with Gasteiger partial charge in [0, 0.05) is 35.1 Å². The van der Waals surface area contributed by atoms with Gasteiger partial charge in [-0.1, -0.05) is 61.7 Å². The highest BCUT2D eigenvalue weighted by molar-refractivity contribution is 5.94. The molecule has 2 aromatic carbocycles. The average molecular weight is 448 g/mol. The number of Topliss-reactive ketones (excluding diaryl/α,β-unsaturated/α-hetero) is 1. The fourth-order valence-corrected chi connectivity index (χ4v) is 3.76. The number of allylic oxidation sites excluding steroid dienone is 3. The number of rotatable bonds is 8. The fraction of sp³-hybridized carbons (Fsp3) is 0.0690. The maximum Gasteiger partial charge on any atom is 0.193 e. The Balaban J connectivity index is 1.87. The molecule has 0 bridgehead atoms. The van der Waals surface area contributed by atoms with E-state index in [0.29, 0.717) is 34.5 Å². The summed E-state index contributed by atoms with van der Waals surface area (Å²) >= 11 is 0. The minimum Gasteiger partial charge on any atom is -0.341 e. The zero-order valence-electron chi connectivity index (χ0n) is 19.0. The Morgan fingerprint density at radius 3 is 2.41 bits per heavy atom. The van der Waals surface area contributed by atoms with Crippen LogP contribution < -0.4 is 10.7 Å². The molecule has 0 unspecified atom stereocenters. The lowest BCUT2D eigenvalue weighted by molar-refractivity contribution is 0.101. The van der Waals surface area contributed by atoms with E-state index in [4.69, 9.17) is 4.98 Å². The lowest BCUT2D eigenvalue weighted by Crippen LogP contribution is -2.15. The van der Waals surface area contributed by atoms with Crippen molar-refractivity contribution in [3.8, 4) is 5.69 Å². The lowest BCUT2D eigenvalue weighted by atomic mass is 10.0. The molecule has 4 aromatic rings. The molecule has 5 nitrogen and oxygen atoms in total. The molecule has 0 aliphatic carbocycles. The molecule has 2 aromatic heterocycles. The number of anilines is 1. The maximum atomic E-state index is 13.0. The number of hydrogen-bond acceptors (Lipinski definition) is 4. The highest BCUT2D eigenvalue weighted by Gasteiger charge is 2.14. The standard InChI is InChI=1S/C29H25N3O2/c1-4-9-23(5-2)30-28-19-27(34)26-17-16-24(18-21-12-14-22(15-13-21)20(3)33)31-29(26)32(28)25-10-7-6-8-11-25/h4-17,19,30H,1-2,18H2,3H3/b23-9+. The smallest absolute Gasteiger partial charge is 0.193 e. The Morgan fingerprint density at radius 2 is 1.76 bits per heavy atom. The van der Waals surface area contributed by atoms with Gasteiger partial charge in [0.1, 0.15) is 11.5 Å². The van der Waals surface area contributed by atoms with Gasteiger partial charge in [-0.2, -0.15) is 0 Å². The van der Waals surface area contributed by atoms with Crippen LogP contribution >= 0.6 is 0 Å². The van der Waals surface area contributed by atoms with Crippen molar-refractivity contribution in [2.75, 3.05) is 5.32 Å². The predicted molar refractivity (Wildman–Crippen MR) is 139 cm³/mol. The Labute approximate surface area is 198 Å². The number of benzene rings is 2. The number of nitrogens with zero attached hydrogens (tertiary/aromatic N) is 2. The third kappa shape index (κ3) is 4.79. The minimum atomic E-state index is -0.128. The first-order valence-corrected chi connectivity index (χ1v) is 10.9. The first-order chi connectivity index (χ1) is 16.5. The van der Waals surface area contributed by atoms with Crippen molar-refractivity contribution in [1.82, 2.24) is 9.55 Å². The van der Waals surface area contributed by atoms with Crippen LogP contribution in [0.5, 0.6) is 0 Å². The number of nitrogens with one attached hydrogen (secondary N) is 1. The van der Waals surface area contributed by atoms with E-state index in [1.165, 1.54) is 0 Å². The fourth-order valence-electron chi connectivity index (χ4n) is 3.76. The highest BCUT2D eigenvalue weighted by atomic mass is 16.1. The van der Waals surface area contributed by atoms with Gasteiger partial charge >= 0.3 is 0 Å². The number of pyridine rings is 2. The molecule has 4 rings (SSSR count). The van der Waals surface area contributed by atoms with Crippen molar-refractivity contribution in [3.63, 3.8) is 0 Å². The number of fused-ring (bicyclic) bond motifs is 1. The molecule has 0 amide bonds. The monoisotopic (exact) mass is 447 g/mol. The van der Waals surface area contributed by atoms with Crippen LogP contribution in [0.2, 0.25) is 0 Å². The van der Waals surface area contributed by atoms with Crippen molar-refractivity contribution < 1.29 is 4.79 Å². The summed E-state index contributed by atoms with van der Waals surface area (Å²) < 4.78 is 1.93. The quantitative estimate of drug-likeness (QED) is 0.272. The zero-order chi connectivity index (χ0) is 24.1. The summed E-state index contributed by atoms with van der Waals surface area (Å²) in [7, 11) is 0. The normalized spacial score (nSPS) is 11.3. The second kappa shape index (κ2) is 9.96. The van der Waals surface area contributed by atoms with Crippen LogP contribution in [0.1, 0.15) is 28.5 Å². The first-order valence-electron chi connectivity index (χ1n) is 10.9. The first kappa shape index (κ1) is 22.7. The highest BCUT2D eigenvalue weighted by Crippen LogP contribution is 2.23. The number of hydrogen-bond donors (Lipinski definition) is 1. The largest absolute Gasteiger partial charge is 0.341 e. The molecule has 0 atom stereocenters. The molecule has 0 saturated heterocycles. The van der Waals surface area contributed by atoms with E-state index >= 15 is 0 Å². The summed E-state index contributed by atoms with van der Waals surface area (Å²) in [4.78, 5) is 29.5. The summed E-state index contributed by atoms with van der Waals surface area (Å²) in [5, 5.41) is 3.80. The molecule has 0 radical (unpaired) electrons. The molecular formula is C29H25N3O2. The average Bonchev–Trinajstić information content (AvgIpc) is 2.84. The summed E-state index contributed by atoms with van der Waals surface area (Å²) in [6, 6.07) is 22.5. The van der Waals surface area contributed by atoms with Crippen molar-refractivity contribution in [2.24, 2.45) is 0 Å². The molecule has 0 fully saturated rings. The summed E-state index contributed by atoms with van der Waals surface area (Å²) in [6.07, 6.45) is 5.68. The molecule has 1 N–H and O–H groups in total. The van der Waals surface area contributed by atoms with Crippen molar-refractivity contribution in [3.05, 3.63) is 137 Å². The number of carbonyl (C=O) groups is 1. The van der Waals surface area contributed by atoms with E-state index in [1.807, 2.05) is 71.3 Å². The van der Waals surface area contributed by atoms with Crippen LogP contribution in [-0.2, 0) is 6.42 Å². The molecule has 0 aliphatic rings. The molecule has 2 heterocycles. The van der Waals surface area contributed by atoms with E-state index in [-0.39, 0.29) is 11.2 Å². The second-order valence-electron chi connectivity index (χ2n) is 7.86. The van der Waals surface area contributed by atoms with E-state index < -0.39 is 0 Å². The summed E-state index contributed by atoms with van der Waals surface area (Å²) in [5.41, 5.74) is 4.53. The molecule has 0 aliphatic heterocycles. The SMILES string of the molecule is C=C/C=C(\C=C)Nc1cc(=O)c2ccc(Cc3ccc(C(C)=O)cc3)nc2n1-c1ccccc1. The molecule has 168 valence electrons. The van der Waals surface area contributed by atoms with Crippen molar-refractivity contribution in [1.29, 1.82) is 0 Å². The lowest BCUT2D eigenvalue weighted by Gasteiger charge is -2.18. The van der Waals surface area contributed by atoms with E-state index in [9.17, 15) is 9.59 Å². The van der Waals surface area contributed by atoms with Gasteiger partial charge in [0.25, 0.3) is 0 Å². The molecular weight excluding hydrogens is 422 g/mol. The Hall–Kier alpha value is -4.51. The number of para-hydroxylation sites is 1. The van der Waals surface area contributed by atoms with E-state index in [2.05, 4.69) is 18.5 Å². The third-order valence-electron chi connectivity index (χ3n) is 5.47. The van der Waals surface area contributed by atoms with Crippen LogP contribution in [0.25, 0.3) is 16.7 Å². The zero-order valence-corrected chi connectivity index (χ0v) is 19.0. The van der Waals surface area contributed by atoms with Gasteiger partial charge in [-0.3, -0.25) is 14.2 Å². The number of ketones is 1. The van der Waals surface area contributed by atoms with Crippen LogP contribution in [0.15, 0.2) is 115 Å². The molecule has 34 heavy (non-hydrogen) atoms. The van der Waals surface area contributed by atoms with Crippen LogP contribution in [0.4, 0.5) is 5.82 Å². The minimum absolute atomic E-state index is 0.0340. The summed E-state index contributed by atoms with van der Waals surface area (Å²) in [6.45, 7) is 9.13. The van der Waals surface area contributed by atoms with Gasteiger partial charge < -0.3 is 5.32 Å². The van der Waals surface area contributed by atoms with Gasteiger partial charge in [0.15, 0.2) is 11.2 Å². The van der Waals surface area contributed by atoms with Crippen LogP contribution in [0, 0.1) is 0 Å². The Morgan fingerprint density at radius 1 is 1.03 bits per heavy atom. The Bertz CT molecular complexity index is 1460. The van der Waals surface area contributed by atoms with Gasteiger partial charge in [-0.05, 0) is 48.9 Å². The van der Waals surface area contributed by atoms with Crippen molar-refractivity contribution in [2.45, 2.75) is 13.3 Å². The third-order valence-corrected chi connectivity index (χ3v) is 5.47. The molecule has 0 saturated carbocycles. The topological polar surface area (TPSA) is 64.0 Å². The van der Waals surface area contributed by atoms with Crippen molar-refractivity contribution >= 4 is 22.6 Å². The van der Waals surface area contributed by atoms with Gasteiger partial charge in [-0.25, -0.2) is 4.98 Å².